The molecule has 0 aliphatic carbocycles. The molecule has 0 radical (unpaired) electrons. The van der Waals surface area contributed by atoms with E-state index in [9.17, 15) is 4.79 Å². The van der Waals surface area contributed by atoms with E-state index in [-0.39, 0.29) is 5.91 Å². The van der Waals surface area contributed by atoms with E-state index < -0.39 is 0 Å². The number of carbonyl (C=O) groups excluding carboxylic acids is 1. The Morgan fingerprint density at radius 2 is 1.92 bits per heavy atom. The summed E-state index contributed by atoms with van der Waals surface area (Å²) in [6.07, 6.45) is 1.97. The lowest BCUT2D eigenvalue weighted by Crippen LogP contribution is -2.51. The molecule has 0 unspecified atom stereocenters. The van der Waals surface area contributed by atoms with Gasteiger partial charge in [0.1, 0.15) is 5.75 Å². The third-order valence-corrected chi connectivity index (χ3v) is 5.22. The van der Waals surface area contributed by atoms with E-state index >= 15 is 0 Å². The molecule has 2 aromatic rings. The van der Waals surface area contributed by atoms with E-state index in [0.29, 0.717) is 12.0 Å². The summed E-state index contributed by atoms with van der Waals surface area (Å²) in [6, 6.07) is 19.1. The van der Waals surface area contributed by atoms with Crippen molar-refractivity contribution in [3.05, 3.63) is 65.7 Å². The molecular formula is C22H28N2O2. The molecule has 138 valence electrons. The Labute approximate surface area is 156 Å². The molecule has 4 heteroatoms. The van der Waals surface area contributed by atoms with Crippen LogP contribution in [-0.2, 0) is 17.8 Å². The summed E-state index contributed by atoms with van der Waals surface area (Å²) in [4.78, 5) is 13.8. The molecule has 0 aromatic heterocycles. The predicted octanol–water partition coefficient (Wildman–Crippen LogP) is 3.26. The van der Waals surface area contributed by atoms with E-state index in [1.165, 1.54) is 11.1 Å². The van der Waals surface area contributed by atoms with Gasteiger partial charge in [-0.05, 0) is 42.0 Å². The van der Waals surface area contributed by atoms with Gasteiger partial charge < -0.3 is 15.0 Å². The van der Waals surface area contributed by atoms with Crippen LogP contribution in [0.1, 0.15) is 24.5 Å². The smallest absolute Gasteiger partial charge is 0.219 e. The van der Waals surface area contributed by atoms with E-state index in [0.717, 1.165) is 38.2 Å². The number of benzene rings is 2. The molecule has 1 N–H and O–H groups in total. The molecule has 1 aliphatic heterocycles. The molecule has 1 saturated heterocycles. The number of hydrogen-bond donors (Lipinski definition) is 1. The highest BCUT2D eigenvalue weighted by Crippen LogP contribution is 2.23. The zero-order chi connectivity index (χ0) is 18.4. The Morgan fingerprint density at radius 3 is 2.65 bits per heavy atom. The number of nitrogens with zero attached hydrogens (tertiary/aromatic N) is 1. The van der Waals surface area contributed by atoms with Crippen LogP contribution in [0.3, 0.4) is 0 Å². The molecule has 1 heterocycles. The molecule has 1 aliphatic rings. The molecule has 3 rings (SSSR count). The van der Waals surface area contributed by atoms with Gasteiger partial charge in [0.2, 0.25) is 5.91 Å². The van der Waals surface area contributed by atoms with Gasteiger partial charge in [-0.15, -0.1) is 0 Å². The molecule has 2 atom stereocenters. The lowest BCUT2D eigenvalue weighted by molar-refractivity contribution is -0.131. The van der Waals surface area contributed by atoms with Crippen molar-refractivity contribution >= 4 is 5.91 Å². The number of hydrogen-bond acceptors (Lipinski definition) is 3. The Hall–Kier alpha value is -2.33. The molecular weight excluding hydrogens is 324 g/mol. The number of nitrogens with one attached hydrogen (secondary N) is 1. The third-order valence-electron chi connectivity index (χ3n) is 5.22. The summed E-state index contributed by atoms with van der Waals surface area (Å²) in [5.41, 5.74) is 2.55. The Kier molecular flexibility index (Phi) is 6.29. The third kappa shape index (κ3) is 4.85. The summed E-state index contributed by atoms with van der Waals surface area (Å²) in [5, 5.41) is 3.73. The van der Waals surface area contributed by atoms with Gasteiger partial charge in [-0.2, -0.15) is 0 Å². The summed E-state index contributed by atoms with van der Waals surface area (Å²) in [5.74, 6) is 1.48. The first-order valence-corrected chi connectivity index (χ1v) is 9.31. The van der Waals surface area contributed by atoms with Crippen molar-refractivity contribution in [2.24, 2.45) is 5.92 Å². The van der Waals surface area contributed by atoms with Crippen LogP contribution in [0.5, 0.6) is 5.75 Å². The van der Waals surface area contributed by atoms with Crippen LogP contribution in [-0.4, -0.2) is 37.0 Å². The van der Waals surface area contributed by atoms with Crippen molar-refractivity contribution in [1.29, 1.82) is 0 Å². The number of amides is 1. The molecule has 1 fully saturated rings. The monoisotopic (exact) mass is 352 g/mol. The Balaban J connectivity index is 1.67. The minimum atomic E-state index is 0.175. The van der Waals surface area contributed by atoms with E-state index in [1.54, 1.807) is 14.0 Å². The maximum atomic E-state index is 11.8. The summed E-state index contributed by atoms with van der Waals surface area (Å²) < 4.78 is 5.32. The van der Waals surface area contributed by atoms with Crippen molar-refractivity contribution in [2.75, 3.05) is 20.2 Å². The van der Waals surface area contributed by atoms with Crippen LogP contribution >= 0.6 is 0 Å². The van der Waals surface area contributed by atoms with Crippen LogP contribution in [0.2, 0.25) is 0 Å². The minimum absolute atomic E-state index is 0.175. The number of methoxy groups -OCH3 is 1. The van der Waals surface area contributed by atoms with Gasteiger partial charge in [-0.25, -0.2) is 0 Å². The normalized spacial score (nSPS) is 20.0. The summed E-state index contributed by atoms with van der Waals surface area (Å²) >= 11 is 0. The highest BCUT2D eigenvalue weighted by Gasteiger charge is 2.30. The first-order valence-electron chi connectivity index (χ1n) is 9.31. The van der Waals surface area contributed by atoms with E-state index in [2.05, 4.69) is 41.7 Å². The Bertz CT molecular complexity index is 717. The van der Waals surface area contributed by atoms with E-state index in [4.69, 9.17) is 4.74 Å². The second-order valence-electron chi connectivity index (χ2n) is 7.04. The van der Waals surface area contributed by atoms with Gasteiger partial charge in [0.05, 0.1) is 7.11 Å². The number of piperidine rings is 1. The van der Waals surface area contributed by atoms with Crippen LogP contribution in [0.15, 0.2) is 54.6 Å². The van der Waals surface area contributed by atoms with Gasteiger partial charge in [-0.3, -0.25) is 4.79 Å². The standard InChI is InChI=1S/C22H28N2O2/c1-17(25)24-12-11-22(20(16-24)13-18-7-4-3-5-8-18)23-15-19-9-6-10-21(14-19)26-2/h3-10,14,20,22-23H,11-13,15-16H2,1-2H3/t20-,22+/m1/s1. The van der Waals surface area contributed by atoms with Crippen LogP contribution in [0.25, 0.3) is 0 Å². The average molecular weight is 352 g/mol. The fraction of sp³-hybridized carbons (Fsp3) is 0.409. The van der Waals surface area contributed by atoms with Crippen molar-refractivity contribution in [2.45, 2.75) is 32.4 Å². The molecule has 0 saturated carbocycles. The number of rotatable bonds is 6. The maximum absolute atomic E-state index is 11.8. The zero-order valence-corrected chi connectivity index (χ0v) is 15.7. The number of likely N-dealkylation sites (tertiary alicyclic amines) is 1. The second kappa shape index (κ2) is 8.86. The van der Waals surface area contributed by atoms with Gasteiger partial charge in [0, 0.05) is 32.6 Å². The maximum Gasteiger partial charge on any atom is 0.219 e. The Morgan fingerprint density at radius 1 is 1.15 bits per heavy atom. The van der Waals surface area contributed by atoms with Gasteiger partial charge in [0.25, 0.3) is 0 Å². The van der Waals surface area contributed by atoms with Gasteiger partial charge in [-0.1, -0.05) is 42.5 Å². The topological polar surface area (TPSA) is 41.6 Å². The molecule has 1 amide bonds. The highest BCUT2D eigenvalue weighted by atomic mass is 16.5. The van der Waals surface area contributed by atoms with E-state index in [1.807, 2.05) is 23.1 Å². The fourth-order valence-electron chi connectivity index (χ4n) is 3.74. The molecule has 2 aromatic carbocycles. The number of carbonyl (C=O) groups is 1. The van der Waals surface area contributed by atoms with Crippen LogP contribution < -0.4 is 10.1 Å². The van der Waals surface area contributed by atoms with Crippen molar-refractivity contribution in [3.63, 3.8) is 0 Å². The van der Waals surface area contributed by atoms with Crippen LogP contribution in [0, 0.1) is 5.92 Å². The number of ether oxygens (including phenoxy) is 1. The van der Waals surface area contributed by atoms with Crippen molar-refractivity contribution in [1.82, 2.24) is 10.2 Å². The lowest BCUT2D eigenvalue weighted by Gasteiger charge is -2.39. The summed E-state index contributed by atoms with van der Waals surface area (Å²) in [6.45, 7) is 4.13. The SMILES string of the molecule is COc1cccc(CN[C@H]2CCN(C(C)=O)C[C@H]2Cc2ccccc2)c1. The van der Waals surface area contributed by atoms with Gasteiger partial charge >= 0.3 is 0 Å². The average Bonchev–Trinajstić information content (AvgIpc) is 2.68. The molecule has 0 spiro atoms. The quantitative estimate of drug-likeness (QED) is 0.868. The predicted molar refractivity (Wildman–Crippen MR) is 104 cm³/mol. The summed E-state index contributed by atoms with van der Waals surface area (Å²) in [7, 11) is 1.69. The largest absolute Gasteiger partial charge is 0.497 e. The highest BCUT2D eigenvalue weighted by molar-refractivity contribution is 5.73. The molecule has 26 heavy (non-hydrogen) atoms. The lowest BCUT2D eigenvalue weighted by atomic mass is 9.86. The minimum Gasteiger partial charge on any atom is -0.497 e. The molecule has 0 bridgehead atoms. The molecule has 4 nitrogen and oxygen atoms in total. The van der Waals surface area contributed by atoms with Gasteiger partial charge in [0.15, 0.2) is 0 Å². The van der Waals surface area contributed by atoms with Crippen molar-refractivity contribution < 1.29 is 9.53 Å². The first-order chi connectivity index (χ1) is 12.7. The van der Waals surface area contributed by atoms with Crippen molar-refractivity contribution in [3.8, 4) is 5.75 Å². The van der Waals surface area contributed by atoms with Crippen LogP contribution in [0.4, 0.5) is 0 Å². The fourth-order valence-corrected chi connectivity index (χ4v) is 3.74. The second-order valence-corrected chi connectivity index (χ2v) is 7.04. The zero-order valence-electron chi connectivity index (χ0n) is 15.7. The first kappa shape index (κ1) is 18.5.